The lowest BCUT2D eigenvalue weighted by molar-refractivity contribution is 0.104. The van der Waals surface area contributed by atoms with Gasteiger partial charge in [-0.2, -0.15) is 0 Å². The predicted octanol–water partition coefficient (Wildman–Crippen LogP) is 8.07. The topological polar surface area (TPSA) is 254 Å². The first-order valence-electron chi connectivity index (χ1n) is 46.1. The summed E-state index contributed by atoms with van der Waals surface area (Å²) in [5.74, 6) is 1.57. The summed E-state index contributed by atoms with van der Waals surface area (Å²) in [6.07, 6.45) is -11.7. The van der Waals surface area contributed by atoms with Crippen molar-refractivity contribution in [3.8, 4) is 28.7 Å². The van der Waals surface area contributed by atoms with Gasteiger partial charge in [-0.3, -0.25) is 0 Å². The van der Waals surface area contributed by atoms with E-state index in [1.54, 1.807) is 78.3 Å². The lowest BCUT2D eigenvalue weighted by atomic mass is 10.1. The van der Waals surface area contributed by atoms with Crippen LogP contribution in [-0.2, 0) is 55.6 Å². The van der Waals surface area contributed by atoms with E-state index in [4.69, 9.17) is 77.0 Å². The Kier molecular flexibility index (Phi) is 28.2. The van der Waals surface area contributed by atoms with Gasteiger partial charge < -0.3 is 99.5 Å². The van der Waals surface area contributed by atoms with E-state index in [1.165, 1.54) is 86.6 Å². The molecule has 0 amide bonds. The van der Waals surface area contributed by atoms with E-state index >= 15 is 0 Å². The van der Waals surface area contributed by atoms with Crippen molar-refractivity contribution in [2.45, 2.75) is 162 Å². The molecule has 0 saturated carbocycles. The fourth-order valence-corrected chi connectivity index (χ4v) is 6.63. The molecule has 0 aliphatic heterocycles. The molecule has 20 nitrogen and oxygen atoms in total. The van der Waals surface area contributed by atoms with E-state index in [1.807, 2.05) is 12.1 Å². The quantitative estimate of drug-likeness (QED) is 0.0177. The highest BCUT2D eigenvalue weighted by Gasteiger charge is 2.11. The average Bonchev–Trinajstić information content (AvgIpc) is 0.784. The van der Waals surface area contributed by atoms with Crippen molar-refractivity contribution in [2.24, 2.45) is 0 Å². The highest BCUT2D eigenvalue weighted by molar-refractivity contribution is 5.31. The first kappa shape index (κ1) is 47.5. The van der Waals surface area contributed by atoms with Gasteiger partial charge in [-0.05, 0) is 120 Å². The molecule has 0 saturated heterocycles. The number of hydrogen-bond acceptors (Lipinski definition) is 20. The van der Waals surface area contributed by atoms with E-state index in [2.05, 4.69) is 40.8 Å². The first-order chi connectivity index (χ1) is 57.6. The van der Waals surface area contributed by atoms with Gasteiger partial charge in [0.2, 0.25) is 0 Å². The maximum Gasteiger partial charge on any atom is 0.119 e. The standard InChI is InChI=1S/5C15H25NO3/c5*1-12(2)16-10-14(17)11-19-15-6-4-13(5-7-15)8-9-18-3/h5*4-7,12,14,16-17H,8-11H2,1-3H3/i1D3,2D3,8D2,9D2,12D;1D3,8D2,9D2,12D;8D2,9D2,12D;11D2,12D;1D3,11D2. The molecule has 0 bridgehead atoms. The van der Waals surface area contributed by atoms with Crippen LogP contribution in [0.5, 0.6) is 28.7 Å². The molecule has 0 aromatic heterocycles. The Morgan fingerprint density at radius 2 is 0.611 bits per heavy atom. The number of aliphatic hydroxyl groups is 5. The van der Waals surface area contributed by atoms with Gasteiger partial charge in [-0.15, -0.1) is 0 Å². The van der Waals surface area contributed by atoms with E-state index in [9.17, 15) is 25.5 Å². The summed E-state index contributed by atoms with van der Waals surface area (Å²) in [6, 6.07) is 23.0. The van der Waals surface area contributed by atoms with Crippen LogP contribution in [0.15, 0.2) is 121 Å². The second-order valence-corrected chi connectivity index (χ2v) is 20.7. The molecule has 95 heavy (non-hydrogen) atoms. The molecule has 5 aromatic rings. The number of rotatable bonds is 45. The third kappa shape index (κ3) is 50.5. The molecule has 5 aromatic carbocycles. The zero-order chi connectivity index (χ0) is 98.5. The van der Waals surface area contributed by atoms with E-state index in [0.717, 1.165) is 45.3 Å². The zero-order valence-corrected chi connectivity index (χ0v) is 56.3. The second kappa shape index (κ2) is 56.5. The van der Waals surface area contributed by atoms with Crippen LogP contribution in [-0.4, -0.2) is 220 Å². The van der Waals surface area contributed by atoms with E-state index < -0.39 is 146 Å². The summed E-state index contributed by atoms with van der Waals surface area (Å²) in [4.78, 5) is 0. The number of nitrogens with one attached hydrogen (secondary N) is 5. The Labute approximate surface area is 616 Å². The van der Waals surface area contributed by atoms with Crippen molar-refractivity contribution in [2.75, 3.05) is 134 Å². The molecule has 540 valence electrons. The minimum atomic E-state index is -3.17. The zero-order valence-electron chi connectivity index (χ0n) is 88.3. The van der Waals surface area contributed by atoms with Crippen LogP contribution >= 0.6 is 0 Å². The summed E-state index contributed by atoms with van der Waals surface area (Å²) < 4.78 is 292. The molecule has 10 N–H and O–H groups in total. The van der Waals surface area contributed by atoms with Crippen LogP contribution in [0.4, 0.5) is 0 Å². The van der Waals surface area contributed by atoms with Gasteiger partial charge in [-0.25, -0.2) is 0 Å². The van der Waals surface area contributed by atoms with Crippen molar-refractivity contribution in [1.82, 2.24) is 26.6 Å². The summed E-state index contributed by atoms with van der Waals surface area (Å²) in [7, 11) is 6.50. The number of aryl methyl sites for hydroxylation is 3. The second-order valence-electron chi connectivity index (χ2n) is 20.7. The average molecular weight is 1370 g/mol. The molecule has 0 aliphatic carbocycles. The van der Waals surface area contributed by atoms with Crippen molar-refractivity contribution in [1.29, 1.82) is 0 Å². The Morgan fingerprint density at radius 3 is 0.895 bits per heavy atom. The Bertz CT molecular complexity index is 3890. The van der Waals surface area contributed by atoms with Crippen LogP contribution in [0, 0.1) is 0 Å². The monoisotopic (exact) mass is 1370 g/mol. The smallest absolute Gasteiger partial charge is 0.119 e. The van der Waals surface area contributed by atoms with Crippen LogP contribution in [0.3, 0.4) is 0 Å². The number of methoxy groups -OCH3 is 5. The van der Waals surface area contributed by atoms with Crippen LogP contribution < -0.4 is 50.3 Å². The van der Waals surface area contributed by atoms with Crippen molar-refractivity contribution >= 4 is 0 Å². The van der Waals surface area contributed by atoms with Gasteiger partial charge in [0.05, 0.1) is 46.6 Å². The van der Waals surface area contributed by atoms with E-state index in [-0.39, 0.29) is 74.2 Å². The molecule has 0 fully saturated rings. The number of ether oxygens (including phenoxy) is 10. The minimum absolute atomic E-state index is 0.00161. The predicted molar refractivity (Wildman–Crippen MR) is 383 cm³/mol. The molecule has 7 atom stereocenters. The Balaban J connectivity index is 0.000000797. The minimum Gasteiger partial charge on any atom is -0.491 e. The summed E-state index contributed by atoms with van der Waals surface area (Å²) >= 11 is 0. The molecule has 0 heterocycles. The molecule has 5 rings (SSSR count). The Morgan fingerprint density at radius 1 is 0.337 bits per heavy atom. The van der Waals surface area contributed by atoms with E-state index in [0.29, 0.717) is 30.5 Å². The molecule has 20 heteroatoms. The molecule has 0 aliphatic rings. The fourth-order valence-electron chi connectivity index (χ4n) is 6.63. The fraction of sp³-hybridized carbons (Fsp3) is 0.600. The van der Waals surface area contributed by atoms with Gasteiger partial charge in [0.25, 0.3) is 0 Å². The molecular formula is C75H125N5O15. The third-order valence-corrected chi connectivity index (χ3v) is 11.5. The summed E-state index contributed by atoms with van der Waals surface area (Å²) in [5.41, 5.74) is 2.27. The highest BCUT2D eigenvalue weighted by Crippen LogP contribution is 2.17. The SMILES string of the molecule is [2H]C(C)(C)NCC(O)C([2H])([2H])Oc1ccc(CCOC)cc1.[2H]C(C)(C)NCC(O)COc1ccc(C([2H])([2H])C([2H])([2H])OC)cc1.[2H]C([2H])([2H])C(C)NCC(O)C([2H])([2H])Oc1ccc(CCOC)cc1.[2H]C([2H])([2H])C([2H])(C)NCC(O)COc1ccc(C([2H])([2H])C([2H])([2H])OC)cc1.[2H]C([2H])([2H])C([2H])(NCC(O)COc1ccc(C([2H])([2H])C([2H])([2H])OC)cc1)C([2H])([2H])[2H]. The lowest BCUT2D eigenvalue weighted by Crippen LogP contribution is -2.35. The van der Waals surface area contributed by atoms with Gasteiger partial charge in [0.15, 0.2) is 0 Å². The first-order valence-corrected chi connectivity index (χ1v) is 30.1. The molecule has 0 radical (unpaired) electrons. The number of hydrogen-bond donors (Lipinski definition) is 10. The van der Waals surface area contributed by atoms with Crippen LogP contribution in [0.1, 0.15) is 141 Å². The number of aliphatic hydroxyl groups excluding tert-OH is 5. The van der Waals surface area contributed by atoms with Gasteiger partial charge in [-0.1, -0.05) is 130 Å². The van der Waals surface area contributed by atoms with Gasteiger partial charge >= 0.3 is 0 Å². The summed E-state index contributed by atoms with van der Waals surface area (Å²) in [6.45, 7) is -14.1. The maximum atomic E-state index is 9.96. The lowest BCUT2D eigenvalue weighted by Gasteiger charge is -2.15. The van der Waals surface area contributed by atoms with Crippen LogP contribution in [0.2, 0.25) is 0 Å². The molecule has 0 spiro atoms. The van der Waals surface area contributed by atoms with Crippen LogP contribution in [0.25, 0.3) is 0 Å². The van der Waals surface area contributed by atoms with Gasteiger partial charge in [0.1, 0.15) is 92.2 Å². The normalized spacial score (nSPS) is 20.6. The third-order valence-electron chi connectivity index (χ3n) is 11.5. The van der Waals surface area contributed by atoms with Crippen molar-refractivity contribution in [3.63, 3.8) is 0 Å². The van der Waals surface area contributed by atoms with Crippen molar-refractivity contribution in [3.05, 3.63) is 149 Å². The largest absolute Gasteiger partial charge is 0.491 e. The van der Waals surface area contributed by atoms with Gasteiger partial charge in [0, 0.05) is 129 Å². The number of benzene rings is 5. The maximum absolute atomic E-state index is 9.96. The highest BCUT2D eigenvalue weighted by atomic mass is 16.5. The molecule has 7 unspecified atom stereocenters. The molecular weight excluding hydrogens is 1210 g/mol. The van der Waals surface area contributed by atoms with Crippen molar-refractivity contribution < 1.29 is 117 Å². The summed E-state index contributed by atoms with van der Waals surface area (Å²) in [5, 5.41) is 62.2. The Hall–Kier alpha value is -5.50.